The Hall–Kier alpha value is -1.95. The van der Waals surface area contributed by atoms with E-state index >= 15 is 0 Å². The van der Waals surface area contributed by atoms with Crippen LogP contribution in [0.1, 0.15) is 32.1 Å². The molecule has 26 heavy (non-hydrogen) atoms. The summed E-state index contributed by atoms with van der Waals surface area (Å²) >= 11 is 0. The Morgan fingerprint density at radius 1 is 1.04 bits per heavy atom. The molecule has 2 N–H and O–H groups in total. The summed E-state index contributed by atoms with van der Waals surface area (Å²) in [4.78, 5) is 17.0. The average molecular weight is 361 g/mol. The van der Waals surface area contributed by atoms with E-state index in [0.717, 1.165) is 69.0 Å². The largest absolute Gasteiger partial charge is 0.497 e. The van der Waals surface area contributed by atoms with Crippen molar-refractivity contribution in [3.05, 3.63) is 18.2 Å². The van der Waals surface area contributed by atoms with Gasteiger partial charge in [-0.3, -0.25) is 4.79 Å². The molecular formula is C20H31N3O3. The molecule has 1 heterocycles. The van der Waals surface area contributed by atoms with Crippen LogP contribution in [0.2, 0.25) is 0 Å². The summed E-state index contributed by atoms with van der Waals surface area (Å²) in [5, 5.41) is 0. The monoisotopic (exact) mass is 361 g/mol. The Morgan fingerprint density at radius 3 is 2.38 bits per heavy atom. The highest BCUT2D eigenvalue weighted by Gasteiger charge is 2.28. The second-order valence-corrected chi connectivity index (χ2v) is 7.35. The van der Waals surface area contributed by atoms with E-state index in [1.165, 1.54) is 0 Å². The fourth-order valence-corrected chi connectivity index (χ4v) is 4.07. The van der Waals surface area contributed by atoms with Gasteiger partial charge in [0.1, 0.15) is 11.5 Å². The number of ether oxygens (including phenoxy) is 2. The fourth-order valence-electron chi connectivity index (χ4n) is 4.07. The normalized spacial score (nSPS) is 23.7. The van der Waals surface area contributed by atoms with Crippen LogP contribution in [0.25, 0.3) is 0 Å². The number of rotatable bonds is 5. The lowest BCUT2D eigenvalue weighted by Crippen LogP contribution is -2.37. The molecule has 2 atom stereocenters. The molecule has 1 aromatic rings. The van der Waals surface area contributed by atoms with Crippen LogP contribution in [-0.4, -0.2) is 57.2 Å². The Balaban J connectivity index is 1.62. The van der Waals surface area contributed by atoms with Crippen molar-refractivity contribution < 1.29 is 14.3 Å². The number of carbonyl (C=O) groups is 1. The molecule has 0 radical (unpaired) electrons. The predicted octanol–water partition coefficient (Wildman–Crippen LogP) is 2.26. The van der Waals surface area contributed by atoms with Crippen molar-refractivity contribution in [2.24, 2.45) is 11.7 Å². The average Bonchev–Trinajstić information content (AvgIpc) is 2.91. The maximum Gasteiger partial charge on any atom is 0.222 e. The van der Waals surface area contributed by atoms with Gasteiger partial charge in [0.15, 0.2) is 0 Å². The SMILES string of the molecule is COc1cc(OC)cc(N2CCCN(C(=O)C[C@@H]3CCC[C@H]3N)CC2)c1. The Bertz CT molecular complexity index is 600. The maximum absolute atomic E-state index is 12.7. The molecule has 1 aliphatic heterocycles. The molecule has 6 nitrogen and oxygen atoms in total. The fraction of sp³-hybridized carbons (Fsp3) is 0.650. The Labute approximate surface area is 156 Å². The van der Waals surface area contributed by atoms with Gasteiger partial charge in [-0.15, -0.1) is 0 Å². The van der Waals surface area contributed by atoms with Gasteiger partial charge >= 0.3 is 0 Å². The second kappa shape index (κ2) is 8.62. The van der Waals surface area contributed by atoms with Crippen molar-refractivity contribution in [3.8, 4) is 11.5 Å². The van der Waals surface area contributed by atoms with Crippen molar-refractivity contribution in [3.63, 3.8) is 0 Å². The highest BCUT2D eigenvalue weighted by Crippen LogP contribution is 2.30. The minimum atomic E-state index is 0.201. The molecule has 144 valence electrons. The third-order valence-electron chi connectivity index (χ3n) is 5.70. The summed E-state index contributed by atoms with van der Waals surface area (Å²) in [6.07, 6.45) is 4.88. The zero-order valence-corrected chi connectivity index (χ0v) is 15.9. The third-order valence-corrected chi connectivity index (χ3v) is 5.70. The van der Waals surface area contributed by atoms with Crippen LogP contribution in [0.3, 0.4) is 0 Å². The van der Waals surface area contributed by atoms with Gasteiger partial charge in [0.05, 0.1) is 14.2 Å². The number of anilines is 1. The van der Waals surface area contributed by atoms with Gasteiger partial charge in [-0.1, -0.05) is 6.42 Å². The van der Waals surface area contributed by atoms with Gasteiger partial charge in [0.25, 0.3) is 0 Å². The summed E-state index contributed by atoms with van der Waals surface area (Å²) in [6, 6.07) is 6.13. The number of benzene rings is 1. The van der Waals surface area contributed by atoms with Crippen LogP contribution in [-0.2, 0) is 4.79 Å². The standard InChI is InChI=1S/C20H31N3O3/c1-25-17-12-16(13-18(14-17)26-2)22-7-4-8-23(10-9-22)20(24)11-15-5-3-6-19(15)21/h12-15,19H,3-11,21H2,1-2H3/t15-,19+/m0/s1. The summed E-state index contributed by atoms with van der Waals surface area (Å²) in [7, 11) is 3.32. The number of methoxy groups -OCH3 is 2. The minimum absolute atomic E-state index is 0.201. The molecule has 1 aromatic carbocycles. The van der Waals surface area contributed by atoms with Crippen LogP contribution in [0.15, 0.2) is 18.2 Å². The van der Waals surface area contributed by atoms with E-state index in [1.807, 2.05) is 23.1 Å². The van der Waals surface area contributed by atoms with Crippen LogP contribution < -0.4 is 20.1 Å². The summed E-state index contributed by atoms with van der Waals surface area (Å²) < 4.78 is 10.8. The molecule has 1 amide bonds. The third kappa shape index (κ3) is 4.41. The van der Waals surface area contributed by atoms with Gasteiger partial charge in [0.2, 0.25) is 5.91 Å². The molecule has 0 aromatic heterocycles. The first-order chi connectivity index (χ1) is 12.6. The van der Waals surface area contributed by atoms with Crippen LogP contribution in [0, 0.1) is 5.92 Å². The van der Waals surface area contributed by atoms with E-state index in [1.54, 1.807) is 14.2 Å². The van der Waals surface area contributed by atoms with E-state index in [-0.39, 0.29) is 11.9 Å². The van der Waals surface area contributed by atoms with E-state index < -0.39 is 0 Å². The van der Waals surface area contributed by atoms with Crippen LogP contribution in [0.5, 0.6) is 11.5 Å². The topological polar surface area (TPSA) is 68.0 Å². The lowest BCUT2D eigenvalue weighted by Gasteiger charge is -2.25. The van der Waals surface area contributed by atoms with Crippen molar-refractivity contribution in [1.82, 2.24) is 4.90 Å². The Kier molecular flexibility index (Phi) is 6.25. The van der Waals surface area contributed by atoms with Crippen molar-refractivity contribution in [2.45, 2.75) is 38.1 Å². The van der Waals surface area contributed by atoms with E-state index in [9.17, 15) is 4.79 Å². The molecule has 2 aliphatic rings. The minimum Gasteiger partial charge on any atom is -0.497 e. The number of nitrogens with zero attached hydrogens (tertiary/aromatic N) is 2. The van der Waals surface area contributed by atoms with E-state index in [2.05, 4.69) is 4.90 Å². The number of hydrogen-bond acceptors (Lipinski definition) is 5. The molecule has 6 heteroatoms. The first-order valence-corrected chi connectivity index (χ1v) is 9.62. The highest BCUT2D eigenvalue weighted by molar-refractivity contribution is 5.76. The first kappa shape index (κ1) is 18.8. The molecule has 2 fully saturated rings. The van der Waals surface area contributed by atoms with Crippen LogP contribution in [0.4, 0.5) is 5.69 Å². The molecule has 0 unspecified atom stereocenters. The molecule has 3 rings (SSSR count). The predicted molar refractivity (Wildman–Crippen MR) is 103 cm³/mol. The summed E-state index contributed by atoms with van der Waals surface area (Å²) in [6.45, 7) is 3.31. The van der Waals surface area contributed by atoms with Gasteiger partial charge in [-0.05, 0) is 25.2 Å². The van der Waals surface area contributed by atoms with E-state index in [4.69, 9.17) is 15.2 Å². The zero-order chi connectivity index (χ0) is 18.5. The number of amides is 1. The molecule has 1 saturated heterocycles. The van der Waals surface area contributed by atoms with Crippen molar-refractivity contribution in [2.75, 3.05) is 45.3 Å². The smallest absolute Gasteiger partial charge is 0.222 e. The quantitative estimate of drug-likeness (QED) is 0.871. The second-order valence-electron chi connectivity index (χ2n) is 7.35. The van der Waals surface area contributed by atoms with E-state index in [0.29, 0.717) is 12.3 Å². The lowest BCUT2D eigenvalue weighted by molar-refractivity contribution is -0.132. The molecule has 0 spiro atoms. The lowest BCUT2D eigenvalue weighted by atomic mass is 9.99. The maximum atomic E-state index is 12.7. The van der Waals surface area contributed by atoms with Gasteiger partial charge < -0.3 is 25.0 Å². The number of carbonyl (C=O) groups excluding carboxylic acids is 1. The van der Waals surface area contributed by atoms with Crippen molar-refractivity contribution >= 4 is 11.6 Å². The number of nitrogens with two attached hydrogens (primary N) is 1. The molecule has 0 bridgehead atoms. The van der Waals surface area contributed by atoms with Gasteiger partial charge in [-0.2, -0.15) is 0 Å². The van der Waals surface area contributed by atoms with Crippen molar-refractivity contribution in [1.29, 1.82) is 0 Å². The zero-order valence-electron chi connectivity index (χ0n) is 15.9. The first-order valence-electron chi connectivity index (χ1n) is 9.62. The van der Waals surface area contributed by atoms with Gasteiger partial charge in [-0.25, -0.2) is 0 Å². The number of hydrogen-bond donors (Lipinski definition) is 1. The Morgan fingerprint density at radius 2 is 1.77 bits per heavy atom. The molecule has 1 aliphatic carbocycles. The summed E-state index contributed by atoms with van der Waals surface area (Å²) in [5.41, 5.74) is 7.21. The molecule has 1 saturated carbocycles. The van der Waals surface area contributed by atoms with Gasteiger partial charge in [0, 0.05) is 62.5 Å². The highest BCUT2D eigenvalue weighted by atomic mass is 16.5. The van der Waals surface area contributed by atoms with Crippen LogP contribution >= 0.6 is 0 Å². The summed E-state index contributed by atoms with van der Waals surface area (Å²) in [5.74, 6) is 2.19. The molecular weight excluding hydrogens is 330 g/mol.